The average molecular weight is 1280 g/mol. The fraction of sp³-hybridized carbons (Fsp3) is 0.366. The van der Waals surface area contributed by atoms with Crippen LogP contribution >= 0.6 is 12.4 Å². The Morgan fingerprint density at radius 3 is 1.11 bits per heavy atom. The van der Waals surface area contributed by atoms with Gasteiger partial charge in [-0.2, -0.15) is 15.3 Å². The molecule has 4 amide bonds. The number of aliphatic carboxylic acids is 1. The Morgan fingerprint density at radius 1 is 0.462 bits per heavy atom. The molecule has 5 aliphatic rings. The summed E-state index contributed by atoms with van der Waals surface area (Å²) in [5.41, 5.74) is 7.97. The fourth-order valence-electron chi connectivity index (χ4n) is 11.7. The smallest absolute Gasteiger partial charge is 0.410 e. The highest BCUT2D eigenvalue weighted by atomic mass is 35.5. The van der Waals surface area contributed by atoms with Crippen LogP contribution in [0.2, 0.25) is 0 Å². The van der Waals surface area contributed by atoms with Crippen LogP contribution in [0.4, 0.5) is 4.79 Å². The van der Waals surface area contributed by atoms with E-state index in [-0.39, 0.29) is 47.9 Å². The van der Waals surface area contributed by atoms with Gasteiger partial charge in [-0.25, -0.2) is 23.6 Å². The minimum absolute atomic E-state index is 0. The molecule has 0 spiro atoms. The number of Topliss-reactive ketones (excluding diaryl/α,β-unsaturated/α-hetero) is 1. The third-order valence-electron chi connectivity index (χ3n) is 17.5. The van der Waals surface area contributed by atoms with Gasteiger partial charge >= 0.3 is 12.1 Å². The molecule has 14 rings (SSSR count). The van der Waals surface area contributed by atoms with Gasteiger partial charge in [0.2, 0.25) is 0 Å². The highest BCUT2D eigenvalue weighted by Crippen LogP contribution is 2.40. The number of carbonyl (C=O) groups excluding carboxylic acids is 5. The molecule has 93 heavy (non-hydrogen) atoms. The second kappa shape index (κ2) is 27.9. The number of para-hydroxylation sites is 3. The highest BCUT2D eigenvalue weighted by molar-refractivity contribution is 5.97. The molecule has 4 N–H and O–H groups in total. The summed E-state index contributed by atoms with van der Waals surface area (Å²) in [5, 5.41) is 47.3. The standard InChI is InChI=1S/C24H28N4O3.C24H25N3O3.C19H20N4O.C4H6O3.ClH/c1-17-20-7-5-6-8-21(20)28(25-17)19-11-9-18(10-12-19)22(29)26-13-15-27(16-14-26)23(30)31-24(2,3)4;1-16-20-4-2-3-5-21(20)27(25-16)19-8-6-18(7-9-19)23(29)26-14-10-17(11-15-26)22(28)24(30)12-13-24;1-14-17-4-2-3-5-18(17)23(21-14)16-8-6-15(7-9-16)19(24)22-12-10-20-11-13-22;5-3(6)4(7)1-2-4;/h5-12H,13-16H2,1-4H3;2-9,17,30H,10-15H2,1H3;2-9,20H,10-13H2,1H3;7H,1-2H2,(H,5,6);1H. The van der Waals surface area contributed by atoms with E-state index in [1.807, 2.05) is 187 Å². The lowest BCUT2D eigenvalue weighted by atomic mass is 9.88. The number of piperidine rings is 1. The van der Waals surface area contributed by atoms with Crippen LogP contribution in [0.25, 0.3) is 49.8 Å². The summed E-state index contributed by atoms with van der Waals surface area (Å²) in [5.74, 6) is -1.19. The van der Waals surface area contributed by atoms with Crippen molar-refractivity contribution >= 4 is 80.7 Å². The summed E-state index contributed by atoms with van der Waals surface area (Å²) < 4.78 is 11.2. The lowest BCUT2D eigenvalue weighted by molar-refractivity contribution is -0.149. The maximum absolute atomic E-state index is 12.9. The first-order valence-electron chi connectivity index (χ1n) is 31.5. The van der Waals surface area contributed by atoms with Crippen molar-refractivity contribution in [3.63, 3.8) is 0 Å². The van der Waals surface area contributed by atoms with E-state index >= 15 is 0 Å². The molecule has 2 aliphatic carbocycles. The largest absolute Gasteiger partial charge is 0.479 e. The Bertz CT molecular complexity index is 4180. The number of halogens is 1. The summed E-state index contributed by atoms with van der Waals surface area (Å²) in [7, 11) is 0. The number of benzene rings is 6. The zero-order chi connectivity index (χ0) is 65.1. The SMILES string of the molecule is Cc1nn(-c2ccc(C(=O)N3CCC(C(=O)C4(O)CC4)CC3)cc2)c2ccccc12.Cc1nn(-c2ccc(C(=O)N3CCN(C(=O)OC(C)(C)C)CC3)cc2)c2ccccc12.Cc1nn(-c2ccc(C(=O)N3CCNCC3)cc2)c2ccccc12.Cl.O=C(O)C1(O)CC1. The molecule has 9 aromatic rings. The summed E-state index contributed by atoms with van der Waals surface area (Å²) in [4.78, 5) is 79.9. The lowest BCUT2D eigenvalue weighted by Gasteiger charge is -2.35. The number of ketones is 1. The van der Waals surface area contributed by atoms with Gasteiger partial charge in [0.05, 0.1) is 50.7 Å². The second-order valence-electron chi connectivity index (χ2n) is 25.3. The number of hydrogen-bond acceptors (Lipinski definition) is 13. The minimum Gasteiger partial charge on any atom is -0.479 e. The van der Waals surface area contributed by atoms with Crippen LogP contribution in [-0.2, 0) is 14.3 Å². The third-order valence-corrected chi connectivity index (χ3v) is 17.5. The number of aromatic nitrogens is 6. The van der Waals surface area contributed by atoms with Crippen LogP contribution in [0.5, 0.6) is 0 Å². The number of fused-ring (bicyclic) bond motifs is 3. The summed E-state index contributed by atoms with van der Waals surface area (Å²) in [6.45, 7) is 17.8. The Labute approximate surface area is 545 Å². The molecule has 2 saturated carbocycles. The molecule has 0 atom stereocenters. The molecule has 3 aliphatic heterocycles. The van der Waals surface area contributed by atoms with Crippen molar-refractivity contribution in [2.75, 3.05) is 65.4 Å². The van der Waals surface area contributed by atoms with E-state index < -0.39 is 22.8 Å². The van der Waals surface area contributed by atoms with Crippen molar-refractivity contribution < 1.29 is 48.8 Å². The van der Waals surface area contributed by atoms with Crippen molar-refractivity contribution in [3.05, 3.63) is 179 Å². The number of piperazine rings is 2. The molecule has 0 radical (unpaired) electrons. The quantitative estimate of drug-likeness (QED) is 0.105. The van der Waals surface area contributed by atoms with Gasteiger partial charge in [-0.3, -0.25) is 19.2 Å². The first kappa shape index (κ1) is 66.6. The highest BCUT2D eigenvalue weighted by Gasteiger charge is 2.51. The van der Waals surface area contributed by atoms with E-state index in [1.54, 1.807) is 9.80 Å². The number of carboxylic acid groups (broad SMARTS) is 1. The normalized spacial score (nSPS) is 16.6. The Kier molecular flexibility index (Phi) is 20.0. The summed E-state index contributed by atoms with van der Waals surface area (Å²) in [6, 6.07) is 47.1. The molecule has 0 bridgehead atoms. The van der Waals surface area contributed by atoms with Gasteiger partial charge in [0, 0.05) is 104 Å². The Hall–Kier alpha value is -9.28. The van der Waals surface area contributed by atoms with Gasteiger partial charge in [0.25, 0.3) is 17.7 Å². The van der Waals surface area contributed by atoms with Crippen molar-refractivity contribution in [2.24, 2.45) is 5.92 Å². The lowest BCUT2D eigenvalue weighted by Crippen LogP contribution is -2.51. The number of amides is 4. The van der Waals surface area contributed by atoms with Gasteiger partial charge in [0.15, 0.2) is 11.4 Å². The number of likely N-dealkylation sites (tertiary alicyclic amines) is 1. The molecule has 3 aromatic heterocycles. The molecule has 5 fully saturated rings. The summed E-state index contributed by atoms with van der Waals surface area (Å²) in [6.07, 6.45) is 2.94. The van der Waals surface area contributed by atoms with Gasteiger partial charge in [-0.1, -0.05) is 54.6 Å². The molecular formula is C71H80ClN11O10. The van der Waals surface area contributed by atoms with Crippen LogP contribution < -0.4 is 5.32 Å². The van der Waals surface area contributed by atoms with Gasteiger partial charge < -0.3 is 45.0 Å². The van der Waals surface area contributed by atoms with Crippen molar-refractivity contribution in [1.82, 2.24) is 54.3 Å². The number of nitrogens with one attached hydrogen (secondary N) is 1. The van der Waals surface area contributed by atoms with Crippen LogP contribution in [0, 0.1) is 26.7 Å². The second-order valence-corrected chi connectivity index (χ2v) is 25.3. The van der Waals surface area contributed by atoms with Crippen molar-refractivity contribution in [1.29, 1.82) is 0 Å². The molecule has 22 heteroatoms. The number of aryl methyl sites for hydroxylation is 3. The molecule has 3 saturated heterocycles. The number of nitrogens with zero attached hydrogens (tertiary/aromatic N) is 10. The average Bonchev–Trinajstić information content (AvgIpc) is 1.70. The Morgan fingerprint density at radius 2 is 0.785 bits per heavy atom. The van der Waals surface area contributed by atoms with Crippen LogP contribution in [0.1, 0.15) is 107 Å². The van der Waals surface area contributed by atoms with Crippen LogP contribution in [-0.4, -0.2) is 182 Å². The van der Waals surface area contributed by atoms with E-state index in [4.69, 9.17) is 14.9 Å². The number of carboxylic acids is 1. The Balaban J connectivity index is 0.000000145. The van der Waals surface area contributed by atoms with E-state index in [2.05, 4.69) is 44.9 Å². The third kappa shape index (κ3) is 15.1. The zero-order valence-corrected chi connectivity index (χ0v) is 54.1. The van der Waals surface area contributed by atoms with E-state index in [0.29, 0.717) is 88.9 Å². The maximum Gasteiger partial charge on any atom is 0.410 e. The first-order chi connectivity index (χ1) is 44.1. The minimum atomic E-state index is -1.33. The number of ether oxygens (including phenoxy) is 1. The van der Waals surface area contributed by atoms with Gasteiger partial charge in [-0.05, 0) is 171 Å². The number of hydrogen-bond donors (Lipinski definition) is 4. The predicted octanol–water partition coefficient (Wildman–Crippen LogP) is 9.70. The molecular weight excluding hydrogens is 1200 g/mol. The molecule has 21 nitrogen and oxygen atoms in total. The van der Waals surface area contributed by atoms with Crippen LogP contribution in [0.3, 0.4) is 0 Å². The van der Waals surface area contributed by atoms with E-state index in [0.717, 1.165) is 98.6 Å². The van der Waals surface area contributed by atoms with Gasteiger partial charge in [-0.15, -0.1) is 12.4 Å². The topological polar surface area (TPSA) is 251 Å². The number of aliphatic hydroxyl groups is 2. The monoisotopic (exact) mass is 1280 g/mol. The molecule has 6 heterocycles. The van der Waals surface area contributed by atoms with Crippen molar-refractivity contribution in [2.45, 2.75) is 96.9 Å². The number of carbonyl (C=O) groups is 6. The van der Waals surface area contributed by atoms with Gasteiger partial charge in [0.1, 0.15) is 11.2 Å². The molecule has 6 aromatic carbocycles. The fourth-order valence-corrected chi connectivity index (χ4v) is 11.7. The van der Waals surface area contributed by atoms with Crippen LogP contribution in [0.15, 0.2) is 146 Å². The van der Waals surface area contributed by atoms with E-state index in [1.165, 1.54) is 0 Å². The number of rotatable bonds is 9. The maximum atomic E-state index is 12.9. The molecule has 486 valence electrons. The van der Waals surface area contributed by atoms with E-state index in [9.17, 15) is 33.9 Å². The molecule has 0 unspecified atom stereocenters. The predicted molar refractivity (Wildman–Crippen MR) is 357 cm³/mol. The zero-order valence-electron chi connectivity index (χ0n) is 53.3. The van der Waals surface area contributed by atoms with Crippen molar-refractivity contribution in [3.8, 4) is 17.1 Å². The first-order valence-corrected chi connectivity index (χ1v) is 31.5. The summed E-state index contributed by atoms with van der Waals surface area (Å²) >= 11 is 0.